The maximum atomic E-state index is 6.58. The highest BCUT2D eigenvalue weighted by atomic mass is 16.5. The molecule has 2 heterocycles. The van der Waals surface area contributed by atoms with E-state index in [0.717, 1.165) is 90.2 Å². The number of hydrogen-bond donors (Lipinski definition) is 0. The number of aromatic nitrogens is 2. The first-order chi connectivity index (χ1) is 33.7. The molecule has 1 aliphatic rings. The Labute approximate surface area is 394 Å². The van der Waals surface area contributed by atoms with E-state index in [1.54, 1.807) is 0 Å². The average Bonchev–Trinajstić information content (AvgIpc) is 3.83. The van der Waals surface area contributed by atoms with Crippen molar-refractivity contribution < 1.29 is 4.74 Å². The number of nitrogens with zero attached hydrogens (tertiary/aromatic N) is 4. The first-order valence-corrected chi connectivity index (χ1v) is 23.0. The van der Waals surface area contributed by atoms with Gasteiger partial charge in [0.1, 0.15) is 5.82 Å². The van der Waals surface area contributed by atoms with Crippen molar-refractivity contribution in [3.63, 3.8) is 0 Å². The zero-order valence-electron chi connectivity index (χ0n) is 36.9. The van der Waals surface area contributed by atoms with Crippen molar-refractivity contribution in [1.29, 1.82) is 0 Å². The molecule has 0 bridgehead atoms. The average molecular weight is 871 g/mol. The molecule has 0 amide bonds. The molecular weight excluding hydrogens is 829 g/mol. The van der Waals surface area contributed by atoms with Gasteiger partial charge in [-0.15, -0.1) is 0 Å². The quantitative estimate of drug-likeness (QED) is 0.142. The number of fused-ring (bicyclic) bond motifs is 8. The van der Waals surface area contributed by atoms with E-state index in [2.05, 4.69) is 251 Å². The van der Waals surface area contributed by atoms with Crippen molar-refractivity contribution in [3.8, 4) is 50.8 Å². The molecule has 0 aliphatic carbocycles. The Balaban J connectivity index is 0.905. The second-order valence-corrected chi connectivity index (χ2v) is 17.2. The Bertz CT molecular complexity index is 3790. The van der Waals surface area contributed by atoms with Gasteiger partial charge in [-0.25, -0.2) is 4.98 Å². The Hall–Kier alpha value is -9.19. The molecule has 320 valence electrons. The lowest BCUT2D eigenvalue weighted by atomic mass is 10.00. The molecule has 5 nitrogen and oxygen atoms in total. The molecule has 0 spiro atoms. The highest BCUT2D eigenvalue weighted by Gasteiger charge is 2.26. The predicted molar refractivity (Wildman–Crippen MR) is 282 cm³/mol. The van der Waals surface area contributed by atoms with E-state index in [1.807, 2.05) is 18.2 Å². The lowest BCUT2D eigenvalue weighted by Crippen LogP contribution is -2.15. The molecule has 0 saturated heterocycles. The van der Waals surface area contributed by atoms with Gasteiger partial charge in [-0.2, -0.15) is 0 Å². The number of benzene rings is 11. The van der Waals surface area contributed by atoms with E-state index in [-0.39, 0.29) is 0 Å². The van der Waals surface area contributed by atoms with Crippen LogP contribution in [0.1, 0.15) is 0 Å². The molecule has 0 radical (unpaired) electrons. The minimum Gasteiger partial charge on any atom is -0.453 e. The van der Waals surface area contributed by atoms with Gasteiger partial charge in [-0.3, -0.25) is 4.57 Å². The molecule has 0 N–H and O–H groups in total. The number of para-hydroxylation sites is 4. The molecule has 12 aromatic rings. The third-order valence-electron chi connectivity index (χ3n) is 13.2. The zero-order valence-corrected chi connectivity index (χ0v) is 36.9. The van der Waals surface area contributed by atoms with Crippen LogP contribution in [-0.4, -0.2) is 9.55 Å². The fourth-order valence-corrected chi connectivity index (χ4v) is 9.96. The van der Waals surface area contributed by atoms with Crippen LogP contribution in [0, 0.1) is 0 Å². The molecule has 11 aromatic carbocycles. The first-order valence-electron chi connectivity index (χ1n) is 23.0. The Morgan fingerprint density at radius 3 is 1.44 bits per heavy atom. The third-order valence-corrected chi connectivity index (χ3v) is 13.2. The van der Waals surface area contributed by atoms with Gasteiger partial charge < -0.3 is 14.5 Å². The van der Waals surface area contributed by atoms with Crippen LogP contribution in [0.4, 0.5) is 34.1 Å². The minimum atomic E-state index is 0.816. The monoisotopic (exact) mass is 870 g/mol. The van der Waals surface area contributed by atoms with E-state index in [4.69, 9.17) is 9.72 Å². The number of anilines is 6. The standard InChI is InChI=1S/C63H42N4O/c1-4-16-43(17-5-1)44-28-35-50(36-29-44)65(51-37-30-45(31-38-51)47-34-41-58-60(42-47)68-59-27-15-14-26-57(59)66(58)48-18-6-2-7-19-48)52-39-32-46(33-40-52)63-64-61-55-24-12-10-22-53(55)54-23-11-13-25-56(54)62(61)67(63)49-20-8-3-9-21-49/h1-42H. The molecule has 1 aromatic heterocycles. The van der Waals surface area contributed by atoms with Crippen LogP contribution in [0.2, 0.25) is 0 Å². The summed E-state index contributed by atoms with van der Waals surface area (Å²) in [5.74, 6) is 2.54. The number of ether oxygens (including phenoxy) is 1. The maximum absolute atomic E-state index is 6.58. The summed E-state index contributed by atoms with van der Waals surface area (Å²) in [6, 6.07) is 90.2. The van der Waals surface area contributed by atoms with E-state index in [9.17, 15) is 0 Å². The summed E-state index contributed by atoms with van der Waals surface area (Å²) in [6.45, 7) is 0. The highest BCUT2D eigenvalue weighted by Crippen LogP contribution is 2.51. The van der Waals surface area contributed by atoms with Gasteiger partial charge in [0.05, 0.1) is 22.4 Å². The van der Waals surface area contributed by atoms with Gasteiger partial charge in [0, 0.05) is 44.8 Å². The van der Waals surface area contributed by atoms with Gasteiger partial charge in [-0.05, 0) is 130 Å². The normalized spacial score (nSPS) is 11.9. The van der Waals surface area contributed by atoms with Crippen molar-refractivity contribution in [2.45, 2.75) is 0 Å². The molecule has 0 unspecified atom stereocenters. The molecule has 0 atom stereocenters. The van der Waals surface area contributed by atoms with Crippen LogP contribution in [0.25, 0.3) is 71.9 Å². The molecular formula is C63H42N4O. The van der Waals surface area contributed by atoms with Crippen LogP contribution >= 0.6 is 0 Å². The third kappa shape index (κ3) is 6.68. The van der Waals surface area contributed by atoms with Crippen molar-refractivity contribution in [3.05, 3.63) is 255 Å². The zero-order chi connectivity index (χ0) is 45.0. The van der Waals surface area contributed by atoms with Crippen LogP contribution in [0.15, 0.2) is 255 Å². The fraction of sp³-hybridized carbons (Fsp3) is 0. The minimum absolute atomic E-state index is 0.816. The van der Waals surface area contributed by atoms with Crippen LogP contribution in [-0.2, 0) is 0 Å². The van der Waals surface area contributed by atoms with Gasteiger partial charge in [0.2, 0.25) is 0 Å². The molecule has 0 fully saturated rings. The highest BCUT2D eigenvalue weighted by molar-refractivity contribution is 6.24. The second kappa shape index (κ2) is 16.4. The first kappa shape index (κ1) is 39.2. The van der Waals surface area contributed by atoms with Crippen LogP contribution < -0.4 is 14.5 Å². The molecule has 1 aliphatic heterocycles. The summed E-state index contributed by atoms with van der Waals surface area (Å²) in [6.07, 6.45) is 0. The summed E-state index contributed by atoms with van der Waals surface area (Å²) in [5, 5.41) is 4.74. The van der Waals surface area contributed by atoms with Crippen molar-refractivity contribution in [2.75, 3.05) is 9.80 Å². The number of hydrogen-bond acceptors (Lipinski definition) is 4. The molecule has 5 heteroatoms. The van der Waals surface area contributed by atoms with Crippen molar-refractivity contribution in [1.82, 2.24) is 9.55 Å². The largest absolute Gasteiger partial charge is 0.453 e. The summed E-state index contributed by atoms with van der Waals surface area (Å²) in [5.41, 5.74) is 15.0. The van der Waals surface area contributed by atoms with E-state index in [1.165, 1.54) is 27.3 Å². The van der Waals surface area contributed by atoms with E-state index < -0.39 is 0 Å². The molecule has 0 saturated carbocycles. The number of rotatable bonds is 8. The van der Waals surface area contributed by atoms with Crippen molar-refractivity contribution >= 4 is 66.7 Å². The van der Waals surface area contributed by atoms with Crippen molar-refractivity contribution in [2.24, 2.45) is 0 Å². The summed E-state index contributed by atoms with van der Waals surface area (Å²) < 4.78 is 8.92. The summed E-state index contributed by atoms with van der Waals surface area (Å²) in [7, 11) is 0. The topological polar surface area (TPSA) is 33.5 Å². The SMILES string of the molecule is c1ccc(-c2ccc(N(c3ccc(-c4ccc5c(c4)Oc4ccccc4N5c4ccccc4)cc3)c3ccc(-c4nc5c6ccccc6c6ccccc6c5n4-c4ccccc4)cc3)cc2)cc1. The second-order valence-electron chi connectivity index (χ2n) is 17.2. The lowest BCUT2D eigenvalue weighted by Gasteiger charge is -2.33. The number of imidazole rings is 1. The van der Waals surface area contributed by atoms with E-state index >= 15 is 0 Å². The molecule has 68 heavy (non-hydrogen) atoms. The van der Waals surface area contributed by atoms with Gasteiger partial charge in [0.15, 0.2) is 11.5 Å². The van der Waals surface area contributed by atoms with E-state index in [0.29, 0.717) is 0 Å². The smallest absolute Gasteiger partial charge is 0.152 e. The lowest BCUT2D eigenvalue weighted by molar-refractivity contribution is 0.477. The summed E-state index contributed by atoms with van der Waals surface area (Å²) in [4.78, 5) is 10.1. The molecule has 13 rings (SSSR count). The Kier molecular flexibility index (Phi) is 9.43. The predicted octanol–water partition coefficient (Wildman–Crippen LogP) is 17.4. The van der Waals surface area contributed by atoms with Gasteiger partial charge in [0.25, 0.3) is 0 Å². The maximum Gasteiger partial charge on any atom is 0.152 e. The Morgan fingerprint density at radius 2 is 0.794 bits per heavy atom. The van der Waals surface area contributed by atoms with Gasteiger partial charge in [-0.1, -0.05) is 158 Å². The van der Waals surface area contributed by atoms with Gasteiger partial charge >= 0.3 is 0 Å². The van der Waals surface area contributed by atoms with Crippen LogP contribution in [0.5, 0.6) is 11.5 Å². The fourth-order valence-electron chi connectivity index (χ4n) is 9.96. The summed E-state index contributed by atoms with van der Waals surface area (Å²) >= 11 is 0. The van der Waals surface area contributed by atoms with Crippen LogP contribution in [0.3, 0.4) is 0 Å². The Morgan fingerprint density at radius 1 is 0.338 bits per heavy atom.